The van der Waals surface area contributed by atoms with Crippen LogP contribution in [0.4, 0.5) is 5.69 Å². The lowest BCUT2D eigenvalue weighted by molar-refractivity contribution is -0.384. The second kappa shape index (κ2) is 8.18. The minimum atomic E-state index is -0.460. The summed E-state index contributed by atoms with van der Waals surface area (Å²) in [4.78, 5) is 26.4. The number of fused-ring (bicyclic) bond motifs is 1. The van der Waals surface area contributed by atoms with Crippen LogP contribution in [0.1, 0.15) is 18.4 Å². The van der Waals surface area contributed by atoms with Crippen LogP contribution in [-0.2, 0) is 13.1 Å². The van der Waals surface area contributed by atoms with Gasteiger partial charge in [-0.25, -0.2) is 4.79 Å². The number of aromatic nitrogens is 2. The number of nitro groups is 1. The van der Waals surface area contributed by atoms with Crippen molar-refractivity contribution in [2.75, 3.05) is 19.6 Å². The van der Waals surface area contributed by atoms with E-state index < -0.39 is 4.92 Å². The molecule has 0 radical (unpaired) electrons. The zero-order valence-electron chi connectivity index (χ0n) is 15.7. The third-order valence-corrected chi connectivity index (χ3v) is 6.14. The molecule has 152 valence electrons. The minimum absolute atomic E-state index is 0.0619. The van der Waals surface area contributed by atoms with Crippen LogP contribution < -0.4 is 5.69 Å². The zero-order valence-corrected chi connectivity index (χ0v) is 17.2. The van der Waals surface area contributed by atoms with E-state index >= 15 is 0 Å². The van der Waals surface area contributed by atoms with Gasteiger partial charge in [-0.05, 0) is 44.1 Å². The molecule has 2 heterocycles. The number of imidazole rings is 1. The molecule has 0 bridgehead atoms. The second-order valence-electron chi connectivity index (χ2n) is 7.20. The van der Waals surface area contributed by atoms with Gasteiger partial charge in [0.2, 0.25) is 0 Å². The fourth-order valence-electron chi connectivity index (χ4n) is 3.88. The van der Waals surface area contributed by atoms with Crippen molar-refractivity contribution >= 4 is 39.9 Å². The van der Waals surface area contributed by atoms with Crippen LogP contribution >= 0.6 is 23.2 Å². The van der Waals surface area contributed by atoms with E-state index in [9.17, 15) is 14.9 Å². The van der Waals surface area contributed by atoms with Gasteiger partial charge in [-0.2, -0.15) is 0 Å². The fraction of sp³-hybridized carbons (Fsp3) is 0.350. The summed E-state index contributed by atoms with van der Waals surface area (Å²) in [5, 5.41) is 12.2. The third-order valence-electron chi connectivity index (χ3n) is 5.43. The largest absolute Gasteiger partial charge is 0.329 e. The number of hydrogen-bond donors (Lipinski definition) is 0. The van der Waals surface area contributed by atoms with Gasteiger partial charge in [0, 0.05) is 40.8 Å². The van der Waals surface area contributed by atoms with E-state index in [1.807, 2.05) is 0 Å². The van der Waals surface area contributed by atoms with Crippen LogP contribution in [0.2, 0.25) is 10.0 Å². The summed E-state index contributed by atoms with van der Waals surface area (Å²) in [6.07, 6.45) is 2.35. The van der Waals surface area contributed by atoms with Crippen molar-refractivity contribution in [3.63, 3.8) is 0 Å². The van der Waals surface area contributed by atoms with Crippen molar-refractivity contribution in [3.05, 3.63) is 72.6 Å². The lowest BCUT2D eigenvalue weighted by Gasteiger charge is -2.14. The van der Waals surface area contributed by atoms with Gasteiger partial charge in [0.25, 0.3) is 5.69 Å². The number of likely N-dealkylation sites (tertiary alicyclic amines) is 1. The molecule has 0 aliphatic carbocycles. The first-order chi connectivity index (χ1) is 14.0. The number of nitrogens with zero attached hydrogens (tertiary/aromatic N) is 4. The van der Waals surface area contributed by atoms with Gasteiger partial charge in [0.15, 0.2) is 0 Å². The Balaban J connectivity index is 1.80. The lowest BCUT2D eigenvalue weighted by Crippen LogP contribution is -2.30. The number of halogens is 2. The molecule has 1 aromatic heterocycles. The Hall–Kier alpha value is -2.35. The van der Waals surface area contributed by atoms with Crippen molar-refractivity contribution in [1.82, 2.24) is 14.0 Å². The minimum Gasteiger partial charge on any atom is -0.302 e. The molecule has 3 aromatic rings. The molecule has 0 amide bonds. The summed E-state index contributed by atoms with van der Waals surface area (Å²) in [6, 6.07) is 9.67. The van der Waals surface area contributed by atoms with Crippen molar-refractivity contribution in [2.45, 2.75) is 25.9 Å². The maximum Gasteiger partial charge on any atom is 0.329 e. The molecule has 9 heteroatoms. The summed E-state index contributed by atoms with van der Waals surface area (Å²) >= 11 is 12.6. The van der Waals surface area contributed by atoms with Crippen molar-refractivity contribution in [2.24, 2.45) is 0 Å². The second-order valence-corrected chi connectivity index (χ2v) is 8.01. The summed E-state index contributed by atoms with van der Waals surface area (Å²) in [5.74, 6) is 0. The molecule has 2 aromatic carbocycles. The summed E-state index contributed by atoms with van der Waals surface area (Å²) in [6.45, 7) is 3.51. The Morgan fingerprint density at radius 3 is 2.31 bits per heavy atom. The Morgan fingerprint density at radius 1 is 0.966 bits per heavy atom. The highest BCUT2D eigenvalue weighted by Crippen LogP contribution is 2.27. The van der Waals surface area contributed by atoms with Crippen molar-refractivity contribution in [3.8, 4) is 0 Å². The van der Waals surface area contributed by atoms with Gasteiger partial charge in [-0.15, -0.1) is 0 Å². The molecule has 1 saturated heterocycles. The summed E-state index contributed by atoms with van der Waals surface area (Å²) in [7, 11) is 0. The molecule has 4 rings (SSSR count). The Morgan fingerprint density at radius 2 is 1.66 bits per heavy atom. The molecule has 0 unspecified atom stereocenters. The van der Waals surface area contributed by atoms with Crippen LogP contribution in [-0.4, -0.2) is 38.6 Å². The number of nitro benzene ring substituents is 1. The smallest absolute Gasteiger partial charge is 0.302 e. The van der Waals surface area contributed by atoms with Crippen LogP contribution in [0.5, 0.6) is 0 Å². The molecule has 29 heavy (non-hydrogen) atoms. The van der Waals surface area contributed by atoms with Gasteiger partial charge in [-0.3, -0.25) is 19.2 Å². The summed E-state index contributed by atoms with van der Waals surface area (Å²) in [5.41, 5.74) is 1.50. The molecule has 0 saturated carbocycles. The molecular formula is C20H20Cl2N4O3. The van der Waals surface area contributed by atoms with Crippen molar-refractivity contribution in [1.29, 1.82) is 0 Å². The van der Waals surface area contributed by atoms with E-state index in [4.69, 9.17) is 23.2 Å². The normalized spacial score (nSPS) is 14.7. The number of benzene rings is 2. The van der Waals surface area contributed by atoms with Gasteiger partial charge in [0.1, 0.15) is 0 Å². The van der Waals surface area contributed by atoms with Crippen LogP contribution in [0.15, 0.2) is 41.2 Å². The summed E-state index contributed by atoms with van der Waals surface area (Å²) < 4.78 is 3.20. The van der Waals surface area contributed by atoms with Crippen LogP contribution in [0.25, 0.3) is 11.0 Å². The number of non-ortho nitro benzene ring substituents is 1. The molecule has 1 aliphatic heterocycles. The van der Waals surface area contributed by atoms with Gasteiger partial charge in [-0.1, -0.05) is 29.3 Å². The Bertz CT molecular complexity index is 1110. The maximum absolute atomic E-state index is 13.3. The monoisotopic (exact) mass is 434 g/mol. The number of hydrogen-bond acceptors (Lipinski definition) is 4. The number of rotatable bonds is 6. The highest BCUT2D eigenvalue weighted by Gasteiger charge is 2.20. The van der Waals surface area contributed by atoms with E-state index in [0.29, 0.717) is 33.2 Å². The maximum atomic E-state index is 13.3. The van der Waals surface area contributed by atoms with E-state index in [1.165, 1.54) is 29.5 Å². The highest BCUT2D eigenvalue weighted by atomic mass is 35.5. The third kappa shape index (κ3) is 3.90. The predicted molar refractivity (Wildman–Crippen MR) is 114 cm³/mol. The topological polar surface area (TPSA) is 73.3 Å². The molecular weight excluding hydrogens is 415 g/mol. The first-order valence-corrected chi connectivity index (χ1v) is 10.2. The first-order valence-electron chi connectivity index (χ1n) is 9.48. The van der Waals surface area contributed by atoms with E-state index in [1.54, 1.807) is 28.8 Å². The van der Waals surface area contributed by atoms with Crippen molar-refractivity contribution < 1.29 is 4.92 Å². The Labute approximate surface area is 177 Å². The quantitative estimate of drug-likeness (QED) is 0.431. The van der Waals surface area contributed by atoms with Gasteiger partial charge in [0.05, 0.1) is 22.5 Å². The SMILES string of the molecule is O=c1n(CCN2CCCC2)c2ccc([N+](=O)[O-])cc2n1Cc1c(Cl)cccc1Cl. The first kappa shape index (κ1) is 19.9. The van der Waals surface area contributed by atoms with E-state index in [-0.39, 0.29) is 17.9 Å². The molecule has 1 fully saturated rings. The van der Waals surface area contributed by atoms with E-state index in [0.717, 1.165) is 19.6 Å². The van der Waals surface area contributed by atoms with Gasteiger partial charge >= 0.3 is 5.69 Å². The van der Waals surface area contributed by atoms with Crippen LogP contribution in [0, 0.1) is 10.1 Å². The zero-order chi connectivity index (χ0) is 20.5. The molecule has 0 atom stereocenters. The Kier molecular flexibility index (Phi) is 5.63. The average Bonchev–Trinajstić information content (AvgIpc) is 3.29. The highest BCUT2D eigenvalue weighted by molar-refractivity contribution is 6.36. The predicted octanol–water partition coefficient (Wildman–Crippen LogP) is 4.16. The van der Waals surface area contributed by atoms with Crippen LogP contribution in [0.3, 0.4) is 0 Å². The fourth-order valence-corrected chi connectivity index (χ4v) is 4.40. The molecule has 0 spiro atoms. The molecule has 1 aliphatic rings. The van der Waals surface area contributed by atoms with E-state index in [2.05, 4.69) is 4.90 Å². The lowest BCUT2D eigenvalue weighted by atomic mass is 10.2. The average molecular weight is 435 g/mol. The molecule has 7 nitrogen and oxygen atoms in total. The molecule has 0 N–H and O–H groups in total. The standard InChI is InChI=1S/C20H20Cl2N4O3/c21-16-4-3-5-17(22)15(16)13-25-19-12-14(26(28)29)6-7-18(19)24(20(25)27)11-10-23-8-1-2-9-23/h3-7,12H,1-2,8-11,13H2. The van der Waals surface area contributed by atoms with Gasteiger partial charge < -0.3 is 4.90 Å².